The maximum Gasteiger partial charge on any atom is 0.258 e. The lowest BCUT2D eigenvalue weighted by Crippen LogP contribution is -2.54. The summed E-state index contributed by atoms with van der Waals surface area (Å²) >= 11 is 0. The van der Waals surface area contributed by atoms with Gasteiger partial charge in [0.1, 0.15) is 5.65 Å². The summed E-state index contributed by atoms with van der Waals surface area (Å²) in [6, 6.07) is 5.96. The Hall–Kier alpha value is -1.76. The number of β-amino-alcohol motifs (C(OH)–C–C–N with tert-alkyl or cyclic N) is 1. The number of nitrogens with zero attached hydrogens (tertiary/aromatic N) is 4. The van der Waals surface area contributed by atoms with Crippen LogP contribution >= 0.6 is 0 Å². The van der Waals surface area contributed by atoms with Crippen LogP contribution in [0.1, 0.15) is 31.5 Å². The normalized spacial score (nSPS) is 20.9. The van der Waals surface area contributed by atoms with Gasteiger partial charge >= 0.3 is 0 Å². The molecule has 0 aliphatic carbocycles. The molecule has 0 amide bonds. The molecule has 136 valence electrons. The third kappa shape index (κ3) is 4.26. The molecule has 6 heteroatoms. The van der Waals surface area contributed by atoms with Crippen molar-refractivity contribution in [3.05, 3.63) is 46.0 Å². The highest BCUT2D eigenvalue weighted by atomic mass is 16.3. The predicted molar refractivity (Wildman–Crippen MR) is 98.8 cm³/mol. The molecule has 0 saturated carbocycles. The molecule has 3 rings (SSSR count). The number of hydrogen-bond acceptors (Lipinski definition) is 5. The van der Waals surface area contributed by atoms with Gasteiger partial charge in [-0.25, -0.2) is 4.98 Å². The second-order valence-electron chi connectivity index (χ2n) is 7.16. The smallest absolute Gasteiger partial charge is 0.258 e. The van der Waals surface area contributed by atoms with E-state index in [1.807, 2.05) is 32.2 Å². The Morgan fingerprint density at radius 3 is 2.88 bits per heavy atom. The highest BCUT2D eigenvalue weighted by Crippen LogP contribution is 2.15. The minimum Gasteiger partial charge on any atom is -0.392 e. The van der Waals surface area contributed by atoms with Gasteiger partial charge in [0.05, 0.1) is 11.8 Å². The minimum absolute atomic E-state index is 0.0246. The Balaban J connectivity index is 1.73. The first-order valence-electron chi connectivity index (χ1n) is 9.09. The molecule has 2 aromatic heterocycles. The van der Waals surface area contributed by atoms with E-state index >= 15 is 0 Å². The number of aromatic nitrogens is 2. The van der Waals surface area contributed by atoms with E-state index in [1.54, 1.807) is 10.5 Å². The average molecular weight is 344 g/mol. The molecule has 1 saturated heterocycles. The summed E-state index contributed by atoms with van der Waals surface area (Å²) in [6.45, 7) is 10.2. The highest BCUT2D eigenvalue weighted by molar-refractivity contribution is 5.39. The summed E-state index contributed by atoms with van der Waals surface area (Å²) in [5, 5.41) is 9.67. The van der Waals surface area contributed by atoms with Crippen molar-refractivity contribution in [2.24, 2.45) is 0 Å². The van der Waals surface area contributed by atoms with Crippen molar-refractivity contribution in [3.63, 3.8) is 0 Å². The van der Waals surface area contributed by atoms with Crippen LogP contribution in [0.15, 0.2) is 29.2 Å². The largest absolute Gasteiger partial charge is 0.392 e. The Morgan fingerprint density at radius 1 is 1.36 bits per heavy atom. The van der Waals surface area contributed by atoms with Crippen LogP contribution in [0.25, 0.3) is 5.65 Å². The van der Waals surface area contributed by atoms with E-state index < -0.39 is 0 Å². The third-order valence-corrected chi connectivity index (χ3v) is 4.90. The van der Waals surface area contributed by atoms with Crippen LogP contribution in [0.3, 0.4) is 0 Å². The van der Waals surface area contributed by atoms with Gasteiger partial charge in [-0.15, -0.1) is 0 Å². The molecule has 1 N–H and O–H groups in total. The maximum absolute atomic E-state index is 12.4. The first-order valence-corrected chi connectivity index (χ1v) is 9.09. The third-order valence-electron chi connectivity index (χ3n) is 4.90. The quantitative estimate of drug-likeness (QED) is 0.885. The second kappa shape index (κ2) is 7.64. The van der Waals surface area contributed by atoms with Crippen LogP contribution in [0.4, 0.5) is 0 Å². The zero-order valence-electron chi connectivity index (χ0n) is 15.4. The van der Waals surface area contributed by atoms with Crippen LogP contribution in [-0.4, -0.2) is 62.6 Å². The molecular weight excluding hydrogens is 316 g/mol. The molecule has 1 aliphatic rings. The number of pyridine rings is 1. The second-order valence-corrected chi connectivity index (χ2v) is 7.16. The lowest BCUT2D eigenvalue weighted by molar-refractivity contribution is 0.0333. The fourth-order valence-corrected chi connectivity index (χ4v) is 3.64. The Kier molecular flexibility index (Phi) is 5.51. The molecule has 0 unspecified atom stereocenters. The molecular formula is C19H28N4O2. The lowest BCUT2D eigenvalue weighted by atomic mass is 10.1. The van der Waals surface area contributed by atoms with Crippen LogP contribution < -0.4 is 5.56 Å². The van der Waals surface area contributed by atoms with Crippen molar-refractivity contribution in [3.8, 4) is 0 Å². The van der Waals surface area contributed by atoms with Gasteiger partial charge < -0.3 is 5.11 Å². The SMILES string of the molecule is CC[C@H]1CN(Cc2cc(=O)n3cc(C)ccc3n2)CCN1C[C@@H](C)O. The van der Waals surface area contributed by atoms with E-state index in [2.05, 4.69) is 21.7 Å². The molecule has 2 atom stereocenters. The van der Waals surface area contributed by atoms with E-state index in [0.717, 1.165) is 43.9 Å². The van der Waals surface area contributed by atoms with Crippen LogP contribution in [-0.2, 0) is 6.54 Å². The van der Waals surface area contributed by atoms with Crippen LogP contribution in [0.2, 0.25) is 0 Å². The summed E-state index contributed by atoms with van der Waals surface area (Å²) in [7, 11) is 0. The molecule has 6 nitrogen and oxygen atoms in total. The van der Waals surface area contributed by atoms with E-state index in [-0.39, 0.29) is 11.7 Å². The Labute approximate surface area is 148 Å². The number of aliphatic hydroxyl groups is 1. The molecule has 0 aromatic carbocycles. The van der Waals surface area contributed by atoms with Gasteiger partial charge in [-0.2, -0.15) is 0 Å². The molecule has 3 heterocycles. The fourth-order valence-electron chi connectivity index (χ4n) is 3.64. The molecule has 25 heavy (non-hydrogen) atoms. The topological polar surface area (TPSA) is 61.1 Å². The van der Waals surface area contributed by atoms with Gasteiger partial charge in [-0.1, -0.05) is 13.0 Å². The first kappa shape index (κ1) is 18.0. The predicted octanol–water partition coefficient (Wildman–Crippen LogP) is 1.28. The number of fused-ring (bicyclic) bond motifs is 1. The Bertz CT molecular complexity index is 787. The van der Waals surface area contributed by atoms with Crippen molar-refractivity contribution in [2.45, 2.75) is 45.9 Å². The van der Waals surface area contributed by atoms with Gasteiger partial charge in [-0.05, 0) is 31.9 Å². The fraction of sp³-hybridized carbons (Fsp3) is 0.579. The van der Waals surface area contributed by atoms with Gasteiger partial charge in [-0.3, -0.25) is 19.0 Å². The van der Waals surface area contributed by atoms with E-state index in [1.165, 1.54) is 0 Å². The maximum atomic E-state index is 12.4. The van der Waals surface area contributed by atoms with Crippen molar-refractivity contribution < 1.29 is 5.11 Å². The number of hydrogen-bond donors (Lipinski definition) is 1. The molecule has 1 aliphatic heterocycles. The standard InChI is InChI=1S/C19H28N4O2/c1-4-17-13-21(7-8-22(17)11-15(3)24)12-16-9-19(25)23-10-14(2)5-6-18(23)20-16/h5-6,9-10,15,17,24H,4,7-8,11-13H2,1-3H3/t15-,17+/m1/s1. The first-order chi connectivity index (χ1) is 12.0. The van der Waals surface area contributed by atoms with Gasteiger partial charge in [0, 0.05) is 51.0 Å². The number of aryl methyl sites for hydroxylation is 1. The summed E-state index contributed by atoms with van der Waals surface area (Å²) in [5.74, 6) is 0. The molecule has 1 fully saturated rings. The van der Waals surface area contributed by atoms with Crippen molar-refractivity contribution >= 4 is 5.65 Å². The number of piperazine rings is 1. The monoisotopic (exact) mass is 344 g/mol. The van der Waals surface area contributed by atoms with Crippen molar-refractivity contribution in [2.75, 3.05) is 26.2 Å². The van der Waals surface area contributed by atoms with Crippen molar-refractivity contribution in [1.29, 1.82) is 0 Å². The Morgan fingerprint density at radius 2 is 2.16 bits per heavy atom. The molecule has 2 aromatic rings. The van der Waals surface area contributed by atoms with E-state index in [0.29, 0.717) is 18.2 Å². The summed E-state index contributed by atoms with van der Waals surface area (Å²) in [6.07, 6.45) is 2.58. The van der Waals surface area contributed by atoms with Gasteiger partial charge in [0.25, 0.3) is 5.56 Å². The van der Waals surface area contributed by atoms with E-state index in [4.69, 9.17) is 0 Å². The summed E-state index contributed by atoms with van der Waals surface area (Å²) < 4.78 is 1.61. The zero-order valence-corrected chi connectivity index (χ0v) is 15.4. The molecule has 0 spiro atoms. The molecule has 0 radical (unpaired) electrons. The van der Waals surface area contributed by atoms with E-state index in [9.17, 15) is 9.90 Å². The van der Waals surface area contributed by atoms with Gasteiger partial charge in [0.2, 0.25) is 0 Å². The van der Waals surface area contributed by atoms with Crippen LogP contribution in [0.5, 0.6) is 0 Å². The number of aliphatic hydroxyl groups excluding tert-OH is 1. The minimum atomic E-state index is -0.300. The van der Waals surface area contributed by atoms with Crippen molar-refractivity contribution in [1.82, 2.24) is 19.2 Å². The average Bonchev–Trinajstić information content (AvgIpc) is 2.56. The summed E-state index contributed by atoms with van der Waals surface area (Å²) in [4.78, 5) is 21.7. The van der Waals surface area contributed by atoms with Gasteiger partial charge in [0.15, 0.2) is 0 Å². The number of rotatable bonds is 5. The lowest BCUT2D eigenvalue weighted by Gasteiger charge is -2.41. The zero-order chi connectivity index (χ0) is 18.0. The molecule has 0 bridgehead atoms. The van der Waals surface area contributed by atoms with Crippen LogP contribution in [0, 0.1) is 6.92 Å². The summed E-state index contributed by atoms with van der Waals surface area (Å²) in [5.41, 5.74) is 2.55. The highest BCUT2D eigenvalue weighted by Gasteiger charge is 2.26.